The number of ether oxygens (including phenoxy) is 1. The van der Waals surface area contributed by atoms with E-state index >= 15 is 0 Å². The van der Waals surface area contributed by atoms with Crippen molar-refractivity contribution in [3.63, 3.8) is 0 Å². The molecule has 2 heterocycles. The number of nitrogens with zero attached hydrogens (tertiary/aromatic N) is 4. The minimum Gasteiger partial charge on any atom is -0.466 e. The van der Waals surface area contributed by atoms with Gasteiger partial charge in [0.1, 0.15) is 18.3 Å². The Bertz CT molecular complexity index is 1350. The van der Waals surface area contributed by atoms with Crippen molar-refractivity contribution >= 4 is 29.4 Å². The van der Waals surface area contributed by atoms with E-state index in [0.29, 0.717) is 17.8 Å². The molecule has 14 heteroatoms. The number of allylic oxidation sites excluding steroid dienone is 1. The zero-order valence-electron chi connectivity index (χ0n) is 22.0. The lowest BCUT2D eigenvalue weighted by Gasteiger charge is -2.32. The molecule has 2 aromatic rings. The number of aromatic amines is 1. The van der Waals surface area contributed by atoms with Gasteiger partial charge in [-0.2, -0.15) is 5.21 Å². The second-order valence-electron chi connectivity index (χ2n) is 10.7. The summed E-state index contributed by atoms with van der Waals surface area (Å²) >= 11 is 0. The van der Waals surface area contributed by atoms with Crippen molar-refractivity contribution in [2.24, 2.45) is 23.7 Å². The number of hydrogen-bond acceptors (Lipinski definition) is 9. The van der Waals surface area contributed by atoms with E-state index in [2.05, 4.69) is 41.3 Å². The monoisotopic (exact) mass is 552 g/mol. The Morgan fingerprint density at radius 2 is 2.02 bits per heavy atom. The number of esters is 1. The average Bonchev–Trinajstić information content (AvgIpc) is 3.63. The standard InChI is InChI=1S/C26H32N8O6/c1-40-21(36)7-3-2-5-18(27-25(38)23-30-32-33-31-23)24(37)28-19-6-4-8-34(26(19)39)13-20(35)29-22-16-10-14-9-15(12-16)17(22)11-14/h3-4,6-8,14-18,22H,2,5,9-13H2,1H3,(H,27,38)(H,28,37)(H,29,35)(H,30,31,32,33)/b7-3+/t14?,15?,16?,17?,18-,22?/m0/s1. The molecule has 5 unspecified atom stereocenters. The first kappa shape index (κ1) is 27.2. The molecule has 0 saturated heterocycles. The lowest BCUT2D eigenvalue weighted by atomic mass is 9.79. The number of nitrogens with one attached hydrogen (secondary N) is 4. The zero-order valence-corrected chi connectivity index (χ0v) is 22.0. The van der Waals surface area contributed by atoms with E-state index < -0.39 is 29.4 Å². The quantitative estimate of drug-likeness (QED) is 0.222. The third kappa shape index (κ3) is 5.95. The number of carbonyl (C=O) groups excluding carboxylic acids is 4. The van der Waals surface area contributed by atoms with Gasteiger partial charge in [-0.1, -0.05) is 6.08 Å². The number of H-pyrrole nitrogens is 1. The van der Waals surface area contributed by atoms with Gasteiger partial charge in [-0.15, -0.1) is 10.2 Å². The molecule has 4 aliphatic rings. The predicted molar refractivity (Wildman–Crippen MR) is 140 cm³/mol. The second-order valence-corrected chi connectivity index (χ2v) is 10.7. The molecule has 2 aromatic heterocycles. The van der Waals surface area contributed by atoms with E-state index in [1.54, 1.807) is 6.07 Å². The van der Waals surface area contributed by atoms with Crippen molar-refractivity contribution < 1.29 is 23.9 Å². The van der Waals surface area contributed by atoms with Gasteiger partial charge in [0.25, 0.3) is 17.3 Å². The predicted octanol–water partition coefficient (Wildman–Crippen LogP) is 0.159. The fourth-order valence-corrected chi connectivity index (χ4v) is 6.58. The third-order valence-corrected chi connectivity index (χ3v) is 8.22. The lowest BCUT2D eigenvalue weighted by Crippen LogP contribution is -2.46. The molecule has 4 N–H and O–H groups in total. The maximum atomic E-state index is 13.1. The van der Waals surface area contributed by atoms with Crippen LogP contribution in [0.5, 0.6) is 0 Å². The molecule has 4 aliphatic carbocycles. The third-order valence-electron chi connectivity index (χ3n) is 8.22. The molecule has 4 fully saturated rings. The van der Waals surface area contributed by atoms with E-state index in [-0.39, 0.29) is 42.8 Å². The van der Waals surface area contributed by atoms with Gasteiger partial charge in [0.05, 0.1) is 7.11 Å². The van der Waals surface area contributed by atoms with Crippen molar-refractivity contribution in [2.45, 2.75) is 57.2 Å². The number of amides is 3. The molecule has 6 atom stereocenters. The van der Waals surface area contributed by atoms with Crippen LogP contribution < -0.4 is 21.5 Å². The zero-order chi connectivity index (χ0) is 28.2. The highest BCUT2D eigenvalue weighted by molar-refractivity contribution is 5.99. The van der Waals surface area contributed by atoms with Crippen LogP contribution in [-0.4, -0.2) is 68.1 Å². The van der Waals surface area contributed by atoms with E-state index in [1.807, 2.05) is 0 Å². The molecule has 14 nitrogen and oxygen atoms in total. The topological polar surface area (TPSA) is 190 Å². The molecule has 4 bridgehead atoms. The normalized spacial score (nSPS) is 25.1. The highest BCUT2D eigenvalue weighted by Crippen LogP contribution is 2.58. The molecular weight excluding hydrogens is 520 g/mol. The maximum Gasteiger partial charge on any atom is 0.330 e. The molecular formula is C26H32N8O6. The summed E-state index contributed by atoms with van der Waals surface area (Å²) in [6.45, 7) is -0.164. The van der Waals surface area contributed by atoms with E-state index in [9.17, 15) is 24.0 Å². The number of carbonyl (C=O) groups is 4. The molecule has 212 valence electrons. The van der Waals surface area contributed by atoms with Crippen LogP contribution in [0, 0.1) is 23.7 Å². The van der Waals surface area contributed by atoms with Gasteiger partial charge in [-0.05, 0) is 79.5 Å². The molecule has 0 aromatic carbocycles. The van der Waals surface area contributed by atoms with E-state index in [0.717, 1.165) is 5.92 Å². The van der Waals surface area contributed by atoms with Crippen LogP contribution in [0.1, 0.15) is 49.1 Å². The Hall–Kier alpha value is -4.36. The summed E-state index contributed by atoms with van der Waals surface area (Å²) in [5.74, 6) is 0.109. The van der Waals surface area contributed by atoms with Crippen molar-refractivity contribution in [3.8, 4) is 0 Å². The smallest absolute Gasteiger partial charge is 0.330 e. The van der Waals surface area contributed by atoms with Gasteiger partial charge in [0, 0.05) is 18.3 Å². The fourth-order valence-electron chi connectivity index (χ4n) is 6.58. The molecule has 0 radical (unpaired) electrons. The summed E-state index contributed by atoms with van der Waals surface area (Å²) in [4.78, 5) is 62.9. The molecule has 0 spiro atoms. The van der Waals surface area contributed by atoms with Crippen molar-refractivity contribution in [1.29, 1.82) is 0 Å². The SMILES string of the molecule is COC(=O)/C=C/CC[C@H](NC(=O)c1nn[nH]n1)C(=O)Nc1cccn(CC(=O)NC2C3CC4CC(C3)C2C4)c1=O. The molecule has 40 heavy (non-hydrogen) atoms. The Labute approximate surface area is 229 Å². The van der Waals surface area contributed by atoms with E-state index in [1.165, 1.54) is 61.8 Å². The van der Waals surface area contributed by atoms with Crippen molar-refractivity contribution in [3.05, 3.63) is 46.7 Å². The van der Waals surface area contributed by atoms with Gasteiger partial charge < -0.3 is 25.3 Å². The number of pyridine rings is 1. The molecule has 4 saturated carbocycles. The Morgan fingerprint density at radius 3 is 2.77 bits per heavy atom. The minimum absolute atomic E-state index is 0.0391. The number of rotatable bonds is 11. The Kier molecular flexibility index (Phi) is 8.03. The summed E-state index contributed by atoms with van der Waals surface area (Å²) < 4.78 is 5.80. The second kappa shape index (κ2) is 11.8. The van der Waals surface area contributed by atoms with Gasteiger partial charge in [-0.3, -0.25) is 19.2 Å². The van der Waals surface area contributed by atoms with Crippen LogP contribution in [0.3, 0.4) is 0 Å². The highest BCUT2D eigenvalue weighted by Gasteiger charge is 2.54. The maximum absolute atomic E-state index is 13.1. The van der Waals surface area contributed by atoms with Gasteiger partial charge in [0.2, 0.25) is 11.8 Å². The summed E-state index contributed by atoms with van der Waals surface area (Å²) in [6, 6.07) is 2.07. The summed E-state index contributed by atoms with van der Waals surface area (Å²) in [7, 11) is 1.24. The Balaban J connectivity index is 1.22. The minimum atomic E-state index is -1.10. The number of tetrazole rings is 1. The fraction of sp³-hybridized carbons (Fsp3) is 0.538. The highest BCUT2D eigenvalue weighted by atomic mass is 16.5. The number of aromatic nitrogens is 5. The largest absolute Gasteiger partial charge is 0.466 e. The molecule has 0 aliphatic heterocycles. The summed E-state index contributed by atoms with van der Waals surface area (Å²) in [6.07, 6.45) is 9.34. The average molecular weight is 553 g/mol. The van der Waals surface area contributed by atoms with Crippen LogP contribution in [0.25, 0.3) is 0 Å². The van der Waals surface area contributed by atoms with Crippen LogP contribution in [0.2, 0.25) is 0 Å². The van der Waals surface area contributed by atoms with Crippen LogP contribution >= 0.6 is 0 Å². The number of anilines is 1. The summed E-state index contributed by atoms with van der Waals surface area (Å²) in [5.41, 5.74) is -0.587. The Morgan fingerprint density at radius 1 is 1.20 bits per heavy atom. The first-order valence-corrected chi connectivity index (χ1v) is 13.4. The van der Waals surface area contributed by atoms with Gasteiger partial charge in [0.15, 0.2) is 0 Å². The van der Waals surface area contributed by atoms with E-state index in [4.69, 9.17) is 0 Å². The van der Waals surface area contributed by atoms with Crippen LogP contribution in [0.15, 0.2) is 35.3 Å². The van der Waals surface area contributed by atoms with Gasteiger partial charge in [-0.25, -0.2) is 4.79 Å². The van der Waals surface area contributed by atoms with Gasteiger partial charge >= 0.3 is 5.97 Å². The van der Waals surface area contributed by atoms with Crippen molar-refractivity contribution in [1.82, 2.24) is 35.8 Å². The number of hydrogen-bond donors (Lipinski definition) is 4. The molecule has 6 rings (SSSR count). The number of methoxy groups -OCH3 is 1. The first-order chi connectivity index (χ1) is 19.3. The van der Waals surface area contributed by atoms with Crippen LogP contribution in [0.4, 0.5) is 5.69 Å². The van der Waals surface area contributed by atoms with Crippen molar-refractivity contribution in [2.75, 3.05) is 12.4 Å². The summed E-state index contributed by atoms with van der Waals surface area (Å²) in [5, 5.41) is 20.9. The van der Waals surface area contributed by atoms with Crippen LogP contribution in [-0.2, 0) is 25.7 Å². The first-order valence-electron chi connectivity index (χ1n) is 13.4. The molecule has 3 amide bonds. The lowest BCUT2D eigenvalue weighted by molar-refractivity contribution is -0.134.